The van der Waals surface area contributed by atoms with Crippen LogP contribution in [-0.2, 0) is 0 Å². The zero-order chi connectivity index (χ0) is 16.5. The first-order valence-electron chi connectivity index (χ1n) is 6.87. The first-order valence-corrected chi connectivity index (χ1v) is 6.87. The van der Waals surface area contributed by atoms with E-state index >= 15 is 0 Å². The largest absolute Gasteiger partial charge is 0.497 e. The van der Waals surface area contributed by atoms with Crippen molar-refractivity contribution in [1.82, 2.24) is 5.43 Å². The van der Waals surface area contributed by atoms with E-state index in [2.05, 4.69) is 16.4 Å². The second-order valence-electron chi connectivity index (χ2n) is 4.46. The van der Waals surface area contributed by atoms with E-state index in [9.17, 15) is 4.79 Å². The number of hydrazone groups is 1. The lowest BCUT2D eigenvalue weighted by molar-refractivity contribution is 0.0955. The summed E-state index contributed by atoms with van der Waals surface area (Å²) < 4.78 is 10.4. The molecule has 2 rings (SSSR count). The molecule has 1 amide bonds. The number of hydrogen-bond donors (Lipinski definition) is 1. The topological polar surface area (TPSA) is 59.9 Å². The molecule has 0 aliphatic carbocycles. The molecule has 0 unspecified atom stereocenters. The molecular formula is C18H16N2O3. The summed E-state index contributed by atoms with van der Waals surface area (Å²) in [7, 11) is 1.57. The highest BCUT2D eigenvalue weighted by Crippen LogP contribution is 2.15. The van der Waals surface area contributed by atoms with Gasteiger partial charge in [0.15, 0.2) is 0 Å². The van der Waals surface area contributed by atoms with Crippen LogP contribution in [0.25, 0.3) is 0 Å². The average molecular weight is 308 g/mol. The number of carbonyl (C=O) groups excluding carboxylic acids is 1. The van der Waals surface area contributed by atoms with Crippen LogP contribution >= 0.6 is 0 Å². The number of terminal acetylenes is 1. The molecule has 5 heteroatoms. The van der Waals surface area contributed by atoms with Gasteiger partial charge in [-0.3, -0.25) is 4.79 Å². The predicted octanol–water partition coefficient (Wildman–Crippen LogP) is 2.47. The number of nitrogens with zero attached hydrogens (tertiary/aromatic N) is 1. The Morgan fingerprint density at radius 3 is 2.70 bits per heavy atom. The Labute approximate surface area is 134 Å². The molecule has 2 aromatic rings. The summed E-state index contributed by atoms with van der Waals surface area (Å²) >= 11 is 0. The van der Waals surface area contributed by atoms with E-state index in [0.29, 0.717) is 17.1 Å². The third-order valence-corrected chi connectivity index (χ3v) is 2.95. The van der Waals surface area contributed by atoms with Crippen molar-refractivity contribution in [2.75, 3.05) is 13.7 Å². The molecule has 1 N–H and O–H groups in total. The van der Waals surface area contributed by atoms with Crippen molar-refractivity contribution in [3.8, 4) is 23.8 Å². The van der Waals surface area contributed by atoms with Gasteiger partial charge in [0, 0.05) is 11.1 Å². The van der Waals surface area contributed by atoms with Crippen molar-refractivity contribution in [2.24, 2.45) is 5.10 Å². The number of methoxy groups -OCH3 is 1. The maximum atomic E-state index is 12.0. The molecule has 0 spiro atoms. The van der Waals surface area contributed by atoms with Crippen LogP contribution in [-0.4, -0.2) is 25.8 Å². The van der Waals surface area contributed by atoms with Gasteiger partial charge in [0.2, 0.25) is 0 Å². The van der Waals surface area contributed by atoms with E-state index in [0.717, 1.165) is 5.56 Å². The van der Waals surface area contributed by atoms with E-state index in [-0.39, 0.29) is 12.5 Å². The minimum atomic E-state index is -0.314. The highest BCUT2D eigenvalue weighted by molar-refractivity contribution is 5.95. The number of rotatable bonds is 6. The Hall–Kier alpha value is -3.26. The van der Waals surface area contributed by atoms with Gasteiger partial charge in [0.05, 0.1) is 13.3 Å². The number of hydrogen-bond acceptors (Lipinski definition) is 4. The maximum Gasteiger partial charge on any atom is 0.271 e. The predicted molar refractivity (Wildman–Crippen MR) is 88.8 cm³/mol. The zero-order valence-electron chi connectivity index (χ0n) is 12.7. The van der Waals surface area contributed by atoms with Crippen LogP contribution in [0.15, 0.2) is 53.6 Å². The van der Waals surface area contributed by atoms with Crippen molar-refractivity contribution in [3.05, 3.63) is 59.7 Å². The molecule has 0 saturated carbocycles. The molecular weight excluding hydrogens is 292 g/mol. The molecule has 23 heavy (non-hydrogen) atoms. The minimum absolute atomic E-state index is 0.170. The standard InChI is InChI=1S/C18H16N2O3/c1-3-12-23-17-7-5-4-6-15(17)13-19-20-18(21)14-8-10-16(22-2)11-9-14/h1,4-11,13H,12H2,2H3,(H,20,21). The Bertz CT molecular complexity index is 731. The Morgan fingerprint density at radius 1 is 1.26 bits per heavy atom. The second-order valence-corrected chi connectivity index (χ2v) is 4.46. The van der Waals surface area contributed by atoms with Gasteiger partial charge < -0.3 is 9.47 Å². The van der Waals surface area contributed by atoms with E-state index < -0.39 is 0 Å². The van der Waals surface area contributed by atoms with Crippen molar-refractivity contribution in [2.45, 2.75) is 0 Å². The molecule has 0 aliphatic rings. The fourth-order valence-corrected chi connectivity index (χ4v) is 1.81. The lowest BCUT2D eigenvalue weighted by atomic mass is 10.2. The monoisotopic (exact) mass is 308 g/mol. The summed E-state index contributed by atoms with van der Waals surface area (Å²) in [5.74, 6) is 3.38. The lowest BCUT2D eigenvalue weighted by Gasteiger charge is -2.05. The van der Waals surface area contributed by atoms with Gasteiger partial charge in [0.1, 0.15) is 18.1 Å². The number of amides is 1. The van der Waals surface area contributed by atoms with Crippen LogP contribution in [0.2, 0.25) is 0 Å². The van der Waals surface area contributed by atoms with Gasteiger partial charge in [-0.1, -0.05) is 18.1 Å². The van der Waals surface area contributed by atoms with Crippen molar-refractivity contribution in [1.29, 1.82) is 0 Å². The van der Waals surface area contributed by atoms with E-state index in [4.69, 9.17) is 15.9 Å². The third kappa shape index (κ3) is 4.61. The lowest BCUT2D eigenvalue weighted by Crippen LogP contribution is -2.17. The quantitative estimate of drug-likeness (QED) is 0.506. The minimum Gasteiger partial charge on any atom is -0.497 e. The molecule has 0 aliphatic heterocycles. The van der Waals surface area contributed by atoms with E-state index in [1.165, 1.54) is 6.21 Å². The van der Waals surface area contributed by atoms with Gasteiger partial charge in [-0.05, 0) is 36.4 Å². The van der Waals surface area contributed by atoms with E-state index in [1.54, 1.807) is 37.4 Å². The van der Waals surface area contributed by atoms with Gasteiger partial charge in [-0.15, -0.1) is 6.42 Å². The van der Waals surface area contributed by atoms with Crippen molar-refractivity contribution < 1.29 is 14.3 Å². The second kappa shape index (κ2) is 8.25. The first-order chi connectivity index (χ1) is 11.2. The molecule has 0 aromatic heterocycles. The molecule has 2 aromatic carbocycles. The molecule has 0 fully saturated rings. The number of ether oxygens (including phenoxy) is 2. The highest BCUT2D eigenvalue weighted by atomic mass is 16.5. The Balaban J connectivity index is 2.01. The third-order valence-electron chi connectivity index (χ3n) is 2.95. The fraction of sp³-hybridized carbons (Fsp3) is 0.111. The highest BCUT2D eigenvalue weighted by Gasteiger charge is 2.04. The number of carbonyl (C=O) groups is 1. The van der Waals surface area contributed by atoms with E-state index in [1.807, 2.05) is 18.2 Å². The molecule has 0 atom stereocenters. The first kappa shape index (κ1) is 16.1. The number of para-hydroxylation sites is 1. The summed E-state index contributed by atoms with van der Waals surface area (Å²) in [6.45, 7) is 0.170. The Morgan fingerprint density at radius 2 is 2.00 bits per heavy atom. The SMILES string of the molecule is C#CCOc1ccccc1C=NNC(=O)c1ccc(OC)cc1. The van der Waals surface area contributed by atoms with Crippen LogP contribution in [0.3, 0.4) is 0 Å². The maximum absolute atomic E-state index is 12.0. The fourth-order valence-electron chi connectivity index (χ4n) is 1.81. The van der Waals surface area contributed by atoms with Crippen LogP contribution in [0, 0.1) is 12.3 Å². The molecule has 0 heterocycles. The average Bonchev–Trinajstić information content (AvgIpc) is 2.61. The van der Waals surface area contributed by atoms with Crippen LogP contribution in [0.1, 0.15) is 15.9 Å². The van der Waals surface area contributed by atoms with Gasteiger partial charge >= 0.3 is 0 Å². The van der Waals surface area contributed by atoms with Crippen molar-refractivity contribution in [3.63, 3.8) is 0 Å². The molecule has 116 valence electrons. The summed E-state index contributed by atoms with van der Waals surface area (Å²) in [5, 5.41) is 3.94. The summed E-state index contributed by atoms with van der Waals surface area (Å²) in [5.41, 5.74) is 3.67. The molecule has 0 bridgehead atoms. The smallest absolute Gasteiger partial charge is 0.271 e. The normalized spacial score (nSPS) is 10.1. The molecule has 0 radical (unpaired) electrons. The van der Waals surface area contributed by atoms with Crippen LogP contribution in [0.4, 0.5) is 0 Å². The summed E-state index contributed by atoms with van der Waals surface area (Å²) in [6.07, 6.45) is 6.68. The summed E-state index contributed by atoms with van der Waals surface area (Å²) in [6, 6.07) is 14.0. The Kier molecular flexibility index (Phi) is 5.78. The van der Waals surface area contributed by atoms with Crippen LogP contribution < -0.4 is 14.9 Å². The summed E-state index contributed by atoms with van der Waals surface area (Å²) in [4.78, 5) is 12.0. The number of benzene rings is 2. The molecule has 0 saturated heterocycles. The zero-order valence-corrected chi connectivity index (χ0v) is 12.7. The molecule has 5 nitrogen and oxygen atoms in total. The van der Waals surface area contributed by atoms with Gasteiger partial charge in [0.25, 0.3) is 5.91 Å². The number of nitrogens with one attached hydrogen (secondary N) is 1. The van der Waals surface area contributed by atoms with Gasteiger partial charge in [-0.25, -0.2) is 5.43 Å². The van der Waals surface area contributed by atoms with Crippen molar-refractivity contribution >= 4 is 12.1 Å². The van der Waals surface area contributed by atoms with Crippen LogP contribution in [0.5, 0.6) is 11.5 Å². The van der Waals surface area contributed by atoms with Gasteiger partial charge in [-0.2, -0.15) is 5.10 Å².